The zero-order valence-electron chi connectivity index (χ0n) is 9.37. The molecule has 2 rings (SSSR count). The quantitative estimate of drug-likeness (QED) is 0.859. The van der Waals surface area contributed by atoms with Gasteiger partial charge in [0.2, 0.25) is 0 Å². The Balaban J connectivity index is 2.54. The fraction of sp³-hybridized carbons (Fsp3) is 0.417. The van der Waals surface area contributed by atoms with E-state index in [2.05, 4.69) is 37.4 Å². The van der Waals surface area contributed by atoms with Gasteiger partial charge in [-0.15, -0.1) is 11.3 Å². The summed E-state index contributed by atoms with van der Waals surface area (Å²) in [7, 11) is 1.97. The van der Waals surface area contributed by atoms with Gasteiger partial charge in [-0.1, -0.05) is 26.0 Å². The van der Waals surface area contributed by atoms with Crippen molar-refractivity contribution in [2.75, 3.05) is 7.05 Å². The molecule has 0 unspecified atom stereocenters. The van der Waals surface area contributed by atoms with Crippen molar-refractivity contribution >= 4 is 21.6 Å². The number of nitrogens with zero attached hydrogens (tertiary/aromatic N) is 1. The topological polar surface area (TPSA) is 24.9 Å². The minimum Gasteiger partial charge on any atom is -0.316 e. The molecule has 0 radical (unpaired) electrons. The third kappa shape index (κ3) is 2.03. The molecule has 2 aromatic rings. The number of fused-ring (bicyclic) bond motifs is 1. The van der Waals surface area contributed by atoms with Crippen LogP contribution in [0.3, 0.4) is 0 Å². The third-order valence-corrected chi connectivity index (χ3v) is 3.70. The van der Waals surface area contributed by atoms with E-state index in [0.717, 1.165) is 6.54 Å². The van der Waals surface area contributed by atoms with Gasteiger partial charge >= 0.3 is 0 Å². The number of para-hydroxylation sites is 1. The number of rotatable bonds is 3. The first kappa shape index (κ1) is 10.6. The van der Waals surface area contributed by atoms with Gasteiger partial charge in [0, 0.05) is 12.5 Å². The van der Waals surface area contributed by atoms with Crippen LogP contribution in [0.1, 0.15) is 30.3 Å². The van der Waals surface area contributed by atoms with Crippen molar-refractivity contribution in [1.29, 1.82) is 0 Å². The number of benzene rings is 1. The van der Waals surface area contributed by atoms with Crippen molar-refractivity contribution in [3.8, 4) is 0 Å². The Hall–Kier alpha value is -0.930. The van der Waals surface area contributed by atoms with Crippen LogP contribution in [0.5, 0.6) is 0 Å². The van der Waals surface area contributed by atoms with Gasteiger partial charge in [0.1, 0.15) is 0 Å². The van der Waals surface area contributed by atoms with Gasteiger partial charge < -0.3 is 5.32 Å². The van der Waals surface area contributed by atoms with Gasteiger partial charge in [0.25, 0.3) is 0 Å². The average molecular weight is 220 g/mol. The second-order valence-corrected chi connectivity index (χ2v) is 5.06. The highest BCUT2D eigenvalue weighted by molar-refractivity contribution is 7.18. The summed E-state index contributed by atoms with van der Waals surface area (Å²) in [5, 5.41) is 4.41. The molecule has 0 aliphatic carbocycles. The molecule has 0 amide bonds. The predicted octanol–water partition coefficient (Wildman–Crippen LogP) is 3.14. The van der Waals surface area contributed by atoms with E-state index < -0.39 is 0 Å². The Bertz CT molecular complexity index is 460. The Kier molecular flexibility index (Phi) is 3.03. The van der Waals surface area contributed by atoms with Crippen LogP contribution >= 0.6 is 11.3 Å². The van der Waals surface area contributed by atoms with Crippen molar-refractivity contribution in [2.45, 2.75) is 26.3 Å². The normalized spacial score (nSPS) is 11.5. The van der Waals surface area contributed by atoms with Gasteiger partial charge in [-0.25, -0.2) is 4.98 Å². The summed E-state index contributed by atoms with van der Waals surface area (Å²) in [6.07, 6.45) is 0. The van der Waals surface area contributed by atoms with E-state index in [1.807, 2.05) is 7.05 Å². The van der Waals surface area contributed by atoms with Gasteiger partial charge in [-0.3, -0.25) is 0 Å². The molecule has 0 saturated heterocycles. The number of nitrogens with one attached hydrogen (secondary N) is 1. The number of hydrogen-bond acceptors (Lipinski definition) is 3. The van der Waals surface area contributed by atoms with E-state index in [0.29, 0.717) is 5.92 Å². The Morgan fingerprint density at radius 2 is 2.20 bits per heavy atom. The number of thiazole rings is 1. The van der Waals surface area contributed by atoms with Crippen LogP contribution in [0.4, 0.5) is 0 Å². The smallest absolute Gasteiger partial charge is 0.0964 e. The van der Waals surface area contributed by atoms with E-state index in [-0.39, 0.29) is 0 Å². The van der Waals surface area contributed by atoms with Crippen LogP contribution in [0, 0.1) is 0 Å². The Morgan fingerprint density at radius 1 is 1.40 bits per heavy atom. The highest BCUT2D eigenvalue weighted by Crippen LogP contribution is 2.29. The van der Waals surface area contributed by atoms with Crippen LogP contribution in [0.15, 0.2) is 18.2 Å². The van der Waals surface area contributed by atoms with Crippen molar-refractivity contribution in [2.24, 2.45) is 0 Å². The van der Waals surface area contributed by atoms with E-state index in [1.54, 1.807) is 11.3 Å². The maximum absolute atomic E-state index is 4.71. The number of hydrogen-bond donors (Lipinski definition) is 1. The Morgan fingerprint density at radius 3 is 2.87 bits per heavy atom. The average Bonchev–Trinajstić information content (AvgIpc) is 2.63. The van der Waals surface area contributed by atoms with Crippen LogP contribution in [0.25, 0.3) is 10.2 Å². The van der Waals surface area contributed by atoms with E-state index in [9.17, 15) is 0 Å². The minimum atomic E-state index is 0.518. The Labute approximate surface area is 94.3 Å². The molecule has 0 bridgehead atoms. The lowest BCUT2D eigenvalue weighted by Gasteiger charge is -2.00. The van der Waals surface area contributed by atoms with E-state index in [1.165, 1.54) is 20.8 Å². The summed E-state index contributed by atoms with van der Waals surface area (Å²) in [6.45, 7) is 5.27. The minimum absolute atomic E-state index is 0.518. The van der Waals surface area contributed by atoms with Crippen molar-refractivity contribution < 1.29 is 0 Å². The lowest BCUT2D eigenvalue weighted by Crippen LogP contribution is -2.05. The van der Waals surface area contributed by atoms with Gasteiger partial charge in [-0.05, 0) is 18.7 Å². The fourth-order valence-corrected chi connectivity index (χ4v) is 2.62. The van der Waals surface area contributed by atoms with Crippen LogP contribution in [-0.2, 0) is 6.54 Å². The van der Waals surface area contributed by atoms with Gasteiger partial charge in [-0.2, -0.15) is 0 Å². The van der Waals surface area contributed by atoms with Crippen molar-refractivity contribution in [3.05, 3.63) is 28.8 Å². The largest absolute Gasteiger partial charge is 0.316 e. The summed E-state index contributed by atoms with van der Waals surface area (Å²) in [5.41, 5.74) is 2.46. The molecule has 0 saturated carbocycles. The molecule has 2 nitrogen and oxygen atoms in total. The molecule has 0 atom stereocenters. The zero-order valence-corrected chi connectivity index (χ0v) is 10.2. The highest BCUT2D eigenvalue weighted by atomic mass is 32.1. The van der Waals surface area contributed by atoms with E-state index in [4.69, 9.17) is 4.98 Å². The summed E-state index contributed by atoms with van der Waals surface area (Å²) in [5.74, 6) is 0.518. The molecule has 0 aliphatic rings. The van der Waals surface area contributed by atoms with E-state index >= 15 is 0 Å². The van der Waals surface area contributed by atoms with Gasteiger partial charge in [0.05, 0.1) is 15.2 Å². The fourth-order valence-electron chi connectivity index (χ4n) is 1.60. The van der Waals surface area contributed by atoms with Gasteiger partial charge in [0.15, 0.2) is 0 Å². The summed E-state index contributed by atoms with van der Waals surface area (Å²) < 4.78 is 1.30. The van der Waals surface area contributed by atoms with Crippen LogP contribution in [0.2, 0.25) is 0 Å². The second-order valence-electron chi connectivity index (χ2n) is 4.00. The van der Waals surface area contributed by atoms with Crippen LogP contribution in [-0.4, -0.2) is 12.0 Å². The first-order valence-electron chi connectivity index (χ1n) is 5.25. The molecule has 0 aliphatic heterocycles. The monoisotopic (exact) mass is 220 g/mol. The molecule has 80 valence electrons. The number of aromatic nitrogens is 1. The first-order chi connectivity index (χ1) is 7.22. The lowest BCUT2D eigenvalue weighted by atomic mass is 10.2. The first-order valence-corrected chi connectivity index (χ1v) is 6.07. The molecular weight excluding hydrogens is 204 g/mol. The van der Waals surface area contributed by atoms with Crippen molar-refractivity contribution in [3.63, 3.8) is 0 Å². The second kappa shape index (κ2) is 4.29. The summed E-state index contributed by atoms with van der Waals surface area (Å²) in [4.78, 5) is 4.71. The molecule has 1 aromatic carbocycles. The maximum atomic E-state index is 4.71. The third-order valence-electron chi connectivity index (χ3n) is 2.38. The standard InChI is InChI=1S/C12H16N2S/c1-8(2)12-14-11-9(7-13-3)5-4-6-10(11)15-12/h4-6,8,13H,7H2,1-3H3. The zero-order chi connectivity index (χ0) is 10.8. The highest BCUT2D eigenvalue weighted by Gasteiger charge is 2.09. The maximum Gasteiger partial charge on any atom is 0.0964 e. The molecule has 1 N–H and O–H groups in total. The predicted molar refractivity (Wildman–Crippen MR) is 66.5 cm³/mol. The lowest BCUT2D eigenvalue weighted by molar-refractivity contribution is 0.818. The molecule has 3 heteroatoms. The molecule has 0 spiro atoms. The molecule has 0 fully saturated rings. The molecule has 1 aromatic heterocycles. The summed E-state index contributed by atoms with van der Waals surface area (Å²) >= 11 is 1.81. The van der Waals surface area contributed by atoms with Crippen LogP contribution < -0.4 is 5.32 Å². The van der Waals surface area contributed by atoms with Crippen molar-refractivity contribution in [1.82, 2.24) is 10.3 Å². The molecule has 15 heavy (non-hydrogen) atoms. The molecular formula is C12H16N2S. The molecule has 1 heterocycles. The summed E-state index contributed by atoms with van der Waals surface area (Å²) in [6, 6.07) is 6.40. The SMILES string of the molecule is CNCc1cccc2sc(C(C)C)nc12.